The number of carbonyl (C=O) groups excluding carboxylic acids is 1. The first-order chi connectivity index (χ1) is 16.4. The maximum atomic E-state index is 13.6. The molecule has 1 unspecified atom stereocenters. The average Bonchev–Trinajstić information content (AvgIpc) is 3.23. The lowest BCUT2D eigenvalue weighted by atomic mass is 9.91. The Hall–Kier alpha value is -2.26. The van der Waals surface area contributed by atoms with Crippen molar-refractivity contribution in [3.05, 3.63) is 85.3 Å². The molecule has 1 aliphatic heterocycles. The average molecular weight is 556 g/mol. The number of rotatable bonds is 6. The molecule has 3 heterocycles. The van der Waals surface area contributed by atoms with Crippen LogP contribution in [0.3, 0.4) is 0 Å². The normalized spacial score (nSPS) is 17.6. The fourth-order valence-corrected chi connectivity index (χ4v) is 6.40. The molecule has 5 nitrogen and oxygen atoms in total. The molecular formula is C26H23BrN2O3S2. The Morgan fingerprint density at radius 2 is 1.94 bits per heavy atom. The molecule has 0 amide bonds. The Kier molecular flexibility index (Phi) is 6.50. The number of thioether (sulfide) groups is 1. The molecule has 0 fully saturated rings. The van der Waals surface area contributed by atoms with Gasteiger partial charge in [-0.15, -0.1) is 11.3 Å². The van der Waals surface area contributed by atoms with E-state index in [1.165, 1.54) is 11.8 Å². The van der Waals surface area contributed by atoms with Crippen molar-refractivity contribution in [2.75, 3.05) is 5.75 Å². The van der Waals surface area contributed by atoms with Crippen molar-refractivity contribution in [1.82, 2.24) is 9.55 Å². The molecule has 0 aliphatic carbocycles. The Morgan fingerprint density at radius 3 is 2.65 bits per heavy atom. The number of hydrogen-bond acceptors (Lipinski definition) is 6. The zero-order valence-corrected chi connectivity index (χ0v) is 22.1. The molecule has 0 radical (unpaired) electrons. The van der Waals surface area contributed by atoms with E-state index >= 15 is 0 Å². The summed E-state index contributed by atoms with van der Waals surface area (Å²) in [4.78, 5) is 32.9. The topological polar surface area (TPSA) is 61.2 Å². The first-order valence-corrected chi connectivity index (χ1v) is 13.7. The zero-order valence-electron chi connectivity index (χ0n) is 18.8. The predicted molar refractivity (Wildman–Crippen MR) is 142 cm³/mol. The van der Waals surface area contributed by atoms with Crippen LogP contribution in [0.5, 0.6) is 0 Å². The number of aromatic nitrogens is 2. The number of para-hydroxylation sites is 1. The lowest BCUT2D eigenvalue weighted by molar-refractivity contribution is -0.0550. The second-order valence-corrected chi connectivity index (χ2v) is 11.5. The third kappa shape index (κ3) is 4.40. The summed E-state index contributed by atoms with van der Waals surface area (Å²) in [5.41, 5.74) is 2.48. The number of hydrogen-bond donors (Lipinski definition) is 0. The predicted octanol–water partition coefficient (Wildman–Crippen LogP) is 6.43. The molecule has 0 spiro atoms. The van der Waals surface area contributed by atoms with Gasteiger partial charge >= 0.3 is 0 Å². The Morgan fingerprint density at radius 1 is 1.21 bits per heavy atom. The molecule has 174 valence electrons. The smallest absolute Gasteiger partial charge is 0.211 e. The maximum Gasteiger partial charge on any atom is 0.211 e. The Bertz CT molecular complexity index is 1430. The molecule has 1 aliphatic rings. The van der Waals surface area contributed by atoms with Gasteiger partial charge < -0.3 is 4.74 Å². The summed E-state index contributed by atoms with van der Waals surface area (Å²) in [6.07, 6.45) is 1.43. The number of halogens is 1. The van der Waals surface area contributed by atoms with Crippen LogP contribution in [0.2, 0.25) is 0 Å². The minimum atomic E-state index is -0.330. The zero-order chi connectivity index (χ0) is 23.9. The summed E-state index contributed by atoms with van der Waals surface area (Å²) in [5, 5.41) is 0.640. The van der Waals surface area contributed by atoms with Gasteiger partial charge in [-0.05, 0) is 37.6 Å². The lowest BCUT2D eigenvalue weighted by Crippen LogP contribution is -2.37. The number of ether oxygens (including phenoxy) is 1. The number of ketones is 1. The molecule has 8 heteroatoms. The fraction of sp³-hybridized carbons (Fsp3) is 0.269. The second-order valence-electron chi connectivity index (χ2n) is 8.54. The molecule has 0 N–H and O–H groups in total. The number of imidazole rings is 1. The van der Waals surface area contributed by atoms with Crippen LogP contribution in [0.15, 0.2) is 69.0 Å². The molecule has 5 rings (SSSR count). The summed E-state index contributed by atoms with van der Waals surface area (Å²) in [5.74, 6) is 0.245. The first kappa shape index (κ1) is 23.5. The van der Waals surface area contributed by atoms with Crippen LogP contribution in [0, 0.1) is 0 Å². The van der Waals surface area contributed by atoms with E-state index in [-0.39, 0.29) is 22.6 Å². The van der Waals surface area contributed by atoms with Gasteiger partial charge in [-0.3, -0.25) is 14.2 Å². The Labute approximate surface area is 214 Å². The van der Waals surface area contributed by atoms with E-state index in [4.69, 9.17) is 9.72 Å². The molecule has 1 atom stereocenters. The molecule has 34 heavy (non-hydrogen) atoms. The van der Waals surface area contributed by atoms with E-state index in [2.05, 4.69) is 29.8 Å². The van der Waals surface area contributed by atoms with Crippen molar-refractivity contribution in [2.24, 2.45) is 0 Å². The maximum absolute atomic E-state index is 13.6. The number of fused-ring (bicyclic) bond motifs is 2. The Balaban J connectivity index is 1.58. The highest BCUT2D eigenvalue weighted by molar-refractivity contribution is 9.10. The molecule has 0 saturated heterocycles. The van der Waals surface area contributed by atoms with Gasteiger partial charge in [-0.25, -0.2) is 4.98 Å². The minimum Gasteiger partial charge on any atom is -0.369 e. The van der Waals surface area contributed by atoms with Crippen molar-refractivity contribution in [3.8, 4) is 5.69 Å². The van der Waals surface area contributed by atoms with Gasteiger partial charge in [0.1, 0.15) is 10.3 Å². The SMILES string of the molecule is CCC1(C)Cc2c(sc3c(nc(SCC(=O)c4ccc(Br)cc4)n3-c3ccccc3)c2=O)CO1. The van der Waals surface area contributed by atoms with Crippen molar-refractivity contribution in [2.45, 2.75) is 44.1 Å². The van der Waals surface area contributed by atoms with Crippen LogP contribution in [-0.4, -0.2) is 26.7 Å². The van der Waals surface area contributed by atoms with Gasteiger partial charge in [-0.1, -0.05) is 64.9 Å². The molecular weight excluding hydrogens is 532 g/mol. The lowest BCUT2D eigenvalue weighted by Gasteiger charge is -2.33. The number of Topliss-reactive ketones (excluding diaryl/α,β-unsaturated/α-hetero) is 1. The van der Waals surface area contributed by atoms with Gasteiger partial charge in [-0.2, -0.15) is 0 Å². The van der Waals surface area contributed by atoms with Crippen LogP contribution in [0.25, 0.3) is 16.0 Å². The highest BCUT2D eigenvalue weighted by Crippen LogP contribution is 2.36. The van der Waals surface area contributed by atoms with Crippen LogP contribution in [0.4, 0.5) is 0 Å². The summed E-state index contributed by atoms with van der Waals surface area (Å²) >= 11 is 6.32. The molecule has 4 aromatic rings. The molecule has 0 saturated carbocycles. The number of carbonyl (C=O) groups is 1. The fourth-order valence-electron chi connectivity index (χ4n) is 4.01. The largest absolute Gasteiger partial charge is 0.369 e. The minimum absolute atomic E-state index is 0.0154. The van der Waals surface area contributed by atoms with E-state index in [9.17, 15) is 9.59 Å². The van der Waals surface area contributed by atoms with Gasteiger partial charge in [0.05, 0.1) is 18.0 Å². The third-order valence-corrected chi connectivity index (χ3v) is 8.86. The van der Waals surface area contributed by atoms with Gasteiger partial charge in [0.25, 0.3) is 0 Å². The van der Waals surface area contributed by atoms with E-state index < -0.39 is 0 Å². The highest BCUT2D eigenvalue weighted by Gasteiger charge is 2.33. The van der Waals surface area contributed by atoms with Gasteiger partial charge in [0, 0.05) is 32.6 Å². The quantitative estimate of drug-likeness (QED) is 0.203. The summed E-state index contributed by atoms with van der Waals surface area (Å²) in [7, 11) is 0. The summed E-state index contributed by atoms with van der Waals surface area (Å²) < 4.78 is 9.05. The van der Waals surface area contributed by atoms with Crippen molar-refractivity contribution >= 4 is 55.2 Å². The van der Waals surface area contributed by atoms with Crippen LogP contribution in [-0.2, 0) is 17.8 Å². The monoisotopic (exact) mass is 554 g/mol. The van der Waals surface area contributed by atoms with Gasteiger partial charge in [0.15, 0.2) is 10.9 Å². The molecule has 2 aromatic carbocycles. The van der Waals surface area contributed by atoms with Crippen LogP contribution < -0.4 is 5.43 Å². The van der Waals surface area contributed by atoms with Crippen LogP contribution in [0.1, 0.15) is 41.1 Å². The number of benzene rings is 2. The summed E-state index contributed by atoms with van der Waals surface area (Å²) in [6.45, 7) is 4.57. The van der Waals surface area contributed by atoms with Crippen molar-refractivity contribution in [3.63, 3.8) is 0 Å². The van der Waals surface area contributed by atoms with E-state index in [0.717, 1.165) is 31.9 Å². The van der Waals surface area contributed by atoms with E-state index in [1.54, 1.807) is 11.3 Å². The van der Waals surface area contributed by atoms with E-state index in [0.29, 0.717) is 29.3 Å². The third-order valence-electron chi connectivity index (χ3n) is 6.21. The van der Waals surface area contributed by atoms with E-state index in [1.807, 2.05) is 59.2 Å². The van der Waals surface area contributed by atoms with Crippen molar-refractivity contribution in [1.29, 1.82) is 0 Å². The van der Waals surface area contributed by atoms with Crippen molar-refractivity contribution < 1.29 is 9.53 Å². The highest BCUT2D eigenvalue weighted by atomic mass is 79.9. The molecule has 0 bridgehead atoms. The van der Waals surface area contributed by atoms with Gasteiger partial charge in [0.2, 0.25) is 5.43 Å². The standard InChI is InChI=1S/C26H23BrN2O3S2/c1-3-26(2)13-19-21(14-32-26)34-24-22(23(19)31)28-25(29(24)18-7-5-4-6-8-18)33-15-20(30)16-9-11-17(27)12-10-16/h4-12H,3,13-15H2,1-2H3. The second kappa shape index (κ2) is 9.41. The van der Waals surface area contributed by atoms with Crippen LogP contribution >= 0.6 is 39.0 Å². The number of nitrogens with zero attached hydrogens (tertiary/aromatic N) is 2. The first-order valence-electron chi connectivity index (χ1n) is 11.1. The summed E-state index contributed by atoms with van der Waals surface area (Å²) in [6, 6.07) is 17.2. The molecule has 2 aromatic heterocycles.